The molecule has 6 nitrogen and oxygen atoms in total. The predicted octanol–water partition coefficient (Wildman–Crippen LogP) is 1.17. The third-order valence-corrected chi connectivity index (χ3v) is 2.87. The van der Waals surface area contributed by atoms with E-state index in [-0.39, 0.29) is 25.0 Å². The van der Waals surface area contributed by atoms with Gasteiger partial charge in [0, 0.05) is 19.4 Å². The van der Waals surface area contributed by atoms with E-state index < -0.39 is 17.8 Å². The van der Waals surface area contributed by atoms with Crippen LogP contribution in [0.15, 0.2) is 0 Å². The number of nitrogens with zero attached hydrogens (tertiary/aromatic N) is 1. The number of β-amino-alcohol motifs (C(OH)–C–C–N with tert-alkyl or cyclic N) is 1. The van der Waals surface area contributed by atoms with Crippen molar-refractivity contribution in [3.05, 3.63) is 0 Å². The largest absolute Gasteiger partial charge is 0.465 e. The molecule has 1 saturated heterocycles. The van der Waals surface area contributed by atoms with Crippen LogP contribution in [0.3, 0.4) is 0 Å². The molecule has 0 radical (unpaired) electrons. The van der Waals surface area contributed by atoms with Crippen molar-refractivity contribution in [2.45, 2.75) is 45.8 Å². The number of aliphatic hydroxyl groups excluding tert-OH is 1. The van der Waals surface area contributed by atoms with Gasteiger partial charge < -0.3 is 19.5 Å². The van der Waals surface area contributed by atoms with E-state index in [1.54, 1.807) is 20.8 Å². The van der Waals surface area contributed by atoms with Gasteiger partial charge in [-0.1, -0.05) is 0 Å². The van der Waals surface area contributed by atoms with Crippen LogP contribution in [0.4, 0.5) is 4.79 Å². The van der Waals surface area contributed by atoms with Crippen LogP contribution in [-0.2, 0) is 14.3 Å². The first kappa shape index (κ1) is 15.8. The molecule has 110 valence electrons. The first-order chi connectivity index (χ1) is 8.69. The normalized spacial score (nSPS) is 23.9. The molecule has 1 aliphatic heterocycles. The fourth-order valence-electron chi connectivity index (χ4n) is 1.89. The molecular formula is C13H23NO5. The lowest BCUT2D eigenvalue weighted by molar-refractivity contribution is -0.144. The van der Waals surface area contributed by atoms with Gasteiger partial charge in [-0.3, -0.25) is 4.79 Å². The Morgan fingerprint density at radius 1 is 1.37 bits per heavy atom. The summed E-state index contributed by atoms with van der Waals surface area (Å²) in [4.78, 5) is 24.1. The van der Waals surface area contributed by atoms with Crippen molar-refractivity contribution < 1.29 is 24.2 Å². The van der Waals surface area contributed by atoms with Gasteiger partial charge in [0.2, 0.25) is 0 Å². The highest BCUT2D eigenvalue weighted by atomic mass is 16.6. The highest BCUT2D eigenvalue weighted by molar-refractivity contribution is 5.68. The summed E-state index contributed by atoms with van der Waals surface area (Å²) in [5, 5.41) is 9.96. The summed E-state index contributed by atoms with van der Waals surface area (Å²) in [7, 11) is 0. The molecule has 0 aliphatic carbocycles. The molecule has 1 heterocycles. The van der Waals surface area contributed by atoms with Gasteiger partial charge in [0.15, 0.2) is 0 Å². The first-order valence-corrected chi connectivity index (χ1v) is 6.48. The van der Waals surface area contributed by atoms with Crippen LogP contribution in [0.2, 0.25) is 0 Å². The van der Waals surface area contributed by atoms with Crippen molar-refractivity contribution in [3.8, 4) is 0 Å². The van der Waals surface area contributed by atoms with Crippen molar-refractivity contribution in [2.24, 2.45) is 5.92 Å². The van der Waals surface area contributed by atoms with Crippen molar-refractivity contribution in [1.29, 1.82) is 0 Å². The Balaban J connectivity index is 2.44. The Kier molecular flexibility index (Phi) is 5.17. The molecule has 1 amide bonds. The Labute approximate surface area is 113 Å². The molecular weight excluding hydrogens is 250 g/mol. The smallest absolute Gasteiger partial charge is 0.410 e. The molecule has 0 spiro atoms. The molecule has 0 bridgehead atoms. The molecule has 0 saturated carbocycles. The second-order valence-electron chi connectivity index (χ2n) is 5.85. The maximum atomic E-state index is 11.8. The zero-order valence-corrected chi connectivity index (χ0v) is 12.0. The van der Waals surface area contributed by atoms with Gasteiger partial charge in [0.25, 0.3) is 0 Å². The van der Waals surface area contributed by atoms with Gasteiger partial charge in [-0.25, -0.2) is 4.79 Å². The van der Waals surface area contributed by atoms with Gasteiger partial charge in [0.1, 0.15) is 5.60 Å². The number of esters is 1. The van der Waals surface area contributed by atoms with E-state index in [1.165, 1.54) is 11.8 Å². The highest BCUT2D eigenvalue weighted by Gasteiger charge is 2.32. The number of hydrogen-bond acceptors (Lipinski definition) is 5. The summed E-state index contributed by atoms with van der Waals surface area (Å²) in [6.45, 7) is 7.64. The number of carbonyl (C=O) groups is 2. The average molecular weight is 273 g/mol. The van der Waals surface area contributed by atoms with Crippen molar-refractivity contribution in [2.75, 3.05) is 19.7 Å². The molecule has 1 N–H and O–H groups in total. The van der Waals surface area contributed by atoms with Gasteiger partial charge in [-0.05, 0) is 27.2 Å². The Hall–Kier alpha value is -1.30. The number of amides is 1. The number of likely N-dealkylation sites (tertiary alicyclic amines) is 1. The van der Waals surface area contributed by atoms with Gasteiger partial charge in [0.05, 0.1) is 19.3 Å². The molecule has 1 fully saturated rings. The number of carbonyl (C=O) groups excluding carboxylic acids is 2. The van der Waals surface area contributed by atoms with E-state index in [0.717, 1.165) is 0 Å². The number of ether oxygens (including phenoxy) is 2. The van der Waals surface area contributed by atoms with E-state index in [1.807, 2.05) is 0 Å². The predicted molar refractivity (Wildman–Crippen MR) is 68.6 cm³/mol. The zero-order valence-electron chi connectivity index (χ0n) is 12.0. The molecule has 1 rings (SSSR count). The average Bonchev–Trinajstić information content (AvgIpc) is 2.24. The molecule has 0 unspecified atom stereocenters. The molecule has 0 aromatic carbocycles. The quantitative estimate of drug-likeness (QED) is 0.764. The molecule has 19 heavy (non-hydrogen) atoms. The molecule has 2 atom stereocenters. The fourth-order valence-corrected chi connectivity index (χ4v) is 1.89. The lowest BCUT2D eigenvalue weighted by atomic mass is 9.95. The zero-order chi connectivity index (χ0) is 14.6. The Bertz CT molecular complexity index is 336. The van der Waals surface area contributed by atoms with Crippen LogP contribution in [0.25, 0.3) is 0 Å². The second-order valence-corrected chi connectivity index (χ2v) is 5.85. The number of aliphatic hydroxyl groups is 1. The van der Waals surface area contributed by atoms with Crippen LogP contribution in [0.5, 0.6) is 0 Å². The van der Waals surface area contributed by atoms with Gasteiger partial charge in [-0.2, -0.15) is 0 Å². The number of hydrogen-bond donors (Lipinski definition) is 1. The summed E-state index contributed by atoms with van der Waals surface area (Å²) in [5.74, 6) is -0.482. The lowest BCUT2D eigenvalue weighted by Gasteiger charge is -2.36. The maximum Gasteiger partial charge on any atom is 0.410 e. The maximum absolute atomic E-state index is 11.8. The summed E-state index contributed by atoms with van der Waals surface area (Å²) in [6, 6.07) is 0. The number of piperidine rings is 1. The molecule has 0 aromatic heterocycles. The van der Waals surface area contributed by atoms with E-state index in [0.29, 0.717) is 13.0 Å². The van der Waals surface area contributed by atoms with Crippen molar-refractivity contribution >= 4 is 12.1 Å². The second kappa shape index (κ2) is 6.23. The van der Waals surface area contributed by atoms with Gasteiger partial charge in [-0.15, -0.1) is 0 Å². The van der Waals surface area contributed by atoms with Gasteiger partial charge >= 0.3 is 12.1 Å². The lowest BCUT2D eigenvalue weighted by Crippen LogP contribution is -2.49. The number of rotatable bonds is 2. The highest BCUT2D eigenvalue weighted by Crippen LogP contribution is 2.20. The summed E-state index contributed by atoms with van der Waals surface area (Å²) < 4.78 is 10.1. The van der Waals surface area contributed by atoms with E-state index in [4.69, 9.17) is 9.47 Å². The van der Waals surface area contributed by atoms with Crippen molar-refractivity contribution in [1.82, 2.24) is 4.90 Å². The SMILES string of the molecule is CC(=O)OC[C@H]1CCN(C(=O)OC(C)(C)C)C[C@H]1O. The van der Waals surface area contributed by atoms with E-state index >= 15 is 0 Å². The minimum Gasteiger partial charge on any atom is -0.465 e. The fraction of sp³-hybridized carbons (Fsp3) is 0.846. The summed E-state index contributed by atoms with van der Waals surface area (Å²) >= 11 is 0. The standard InChI is InChI=1S/C13H23NO5/c1-9(15)18-8-10-5-6-14(7-11(10)16)12(17)19-13(2,3)4/h10-11,16H,5-8H2,1-4H3/t10-,11-/m1/s1. The molecule has 1 aliphatic rings. The topological polar surface area (TPSA) is 76.1 Å². The minimum absolute atomic E-state index is 0.123. The Morgan fingerprint density at radius 3 is 2.47 bits per heavy atom. The molecule has 6 heteroatoms. The monoisotopic (exact) mass is 273 g/mol. The summed E-state index contributed by atoms with van der Waals surface area (Å²) in [6.07, 6.45) is -0.522. The van der Waals surface area contributed by atoms with Crippen LogP contribution >= 0.6 is 0 Å². The third-order valence-electron chi connectivity index (χ3n) is 2.87. The van der Waals surface area contributed by atoms with Crippen LogP contribution in [0.1, 0.15) is 34.1 Å². The van der Waals surface area contributed by atoms with Crippen molar-refractivity contribution in [3.63, 3.8) is 0 Å². The van der Waals surface area contributed by atoms with Crippen LogP contribution in [-0.4, -0.2) is 53.5 Å². The first-order valence-electron chi connectivity index (χ1n) is 6.48. The molecule has 0 aromatic rings. The minimum atomic E-state index is -0.694. The summed E-state index contributed by atoms with van der Waals surface area (Å²) in [5.41, 5.74) is -0.545. The van der Waals surface area contributed by atoms with Crippen LogP contribution in [0, 0.1) is 5.92 Å². The van der Waals surface area contributed by atoms with Crippen LogP contribution < -0.4 is 0 Å². The van der Waals surface area contributed by atoms with E-state index in [9.17, 15) is 14.7 Å². The Morgan fingerprint density at radius 2 is 2.00 bits per heavy atom. The third kappa shape index (κ3) is 5.46. The van der Waals surface area contributed by atoms with E-state index in [2.05, 4.69) is 0 Å².